The summed E-state index contributed by atoms with van der Waals surface area (Å²) in [5.74, 6) is 2.81. The van der Waals surface area contributed by atoms with Gasteiger partial charge >= 0.3 is 0 Å². The van der Waals surface area contributed by atoms with Gasteiger partial charge in [0, 0.05) is 29.9 Å². The zero-order chi connectivity index (χ0) is 18.6. The van der Waals surface area contributed by atoms with E-state index in [2.05, 4.69) is 20.4 Å². The average Bonchev–Trinajstić information content (AvgIpc) is 3.47. The van der Waals surface area contributed by atoms with Crippen LogP contribution >= 0.6 is 11.8 Å². The lowest BCUT2D eigenvalue weighted by Gasteiger charge is -2.09. The second kappa shape index (κ2) is 7.92. The van der Waals surface area contributed by atoms with Crippen LogP contribution < -0.4 is 5.32 Å². The Kier molecular flexibility index (Phi) is 5.20. The number of rotatable bonds is 7. The average molecular weight is 379 g/mol. The van der Waals surface area contributed by atoms with Crippen molar-refractivity contribution >= 4 is 23.4 Å². The fourth-order valence-corrected chi connectivity index (χ4v) is 3.44. The van der Waals surface area contributed by atoms with E-state index in [1.807, 2.05) is 48.7 Å². The number of para-hydroxylation sites is 1. The van der Waals surface area contributed by atoms with E-state index < -0.39 is 0 Å². The summed E-state index contributed by atoms with van der Waals surface area (Å²) in [7, 11) is 0. The highest BCUT2D eigenvalue weighted by Gasteiger charge is 2.29. The first-order chi connectivity index (χ1) is 13.2. The van der Waals surface area contributed by atoms with Crippen molar-refractivity contribution in [1.29, 1.82) is 0 Å². The molecule has 1 fully saturated rings. The van der Waals surface area contributed by atoms with E-state index in [9.17, 15) is 4.79 Å². The number of anilines is 1. The molecule has 0 atom stereocenters. The van der Waals surface area contributed by atoms with Gasteiger partial charge in [0.1, 0.15) is 5.82 Å². The van der Waals surface area contributed by atoms with Crippen LogP contribution in [0.25, 0.3) is 5.82 Å². The van der Waals surface area contributed by atoms with Crippen molar-refractivity contribution in [2.45, 2.75) is 36.5 Å². The molecule has 1 aromatic carbocycles. The molecule has 1 amide bonds. The van der Waals surface area contributed by atoms with Gasteiger partial charge in [0.05, 0.1) is 5.69 Å². The number of nitrogens with zero attached hydrogens (tertiary/aromatic N) is 4. The molecule has 0 spiro atoms. The van der Waals surface area contributed by atoms with Crippen molar-refractivity contribution in [3.63, 3.8) is 0 Å². The van der Waals surface area contributed by atoms with Gasteiger partial charge in [-0.25, -0.2) is 9.97 Å². The maximum atomic E-state index is 12.5. The van der Waals surface area contributed by atoms with Crippen LogP contribution in [0.1, 0.15) is 36.8 Å². The Morgan fingerprint density at radius 1 is 1.22 bits per heavy atom. The SMILES string of the molecule is CSc1ccccc1NC(=O)CCc1nc(C2CC2)nn1-c1ccccn1. The molecule has 3 aromatic rings. The summed E-state index contributed by atoms with van der Waals surface area (Å²) in [5.41, 5.74) is 0.847. The van der Waals surface area contributed by atoms with Gasteiger partial charge in [-0.15, -0.1) is 16.9 Å². The van der Waals surface area contributed by atoms with Gasteiger partial charge in [-0.3, -0.25) is 4.79 Å². The number of aryl methyl sites for hydroxylation is 1. The highest BCUT2D eigenvalue weighted by molar-refractivity contribution is 7.98. The van der Waals surface area contributed by atoms with Crippen LogP contribution in [0.4, 0.5) is 5.69 Å². The predicted molar refractivity (Wildman–Crippen MR) is 106 cm³/mol. The predicted octanol–water partition coefficient (Wildman–Crippen LogP) is 3.83. The molecule has 1 saturated carbocycles. The number of amides is 1. The zero-order valence-electron chi connectivity index (χ0n) is 15.1. The first-order valence-electron chi connectivity index (χ1n) is 9.04. The molecule has 0 saturated heterocycles. The van der Waals surface area contributed by atoms with Crippen molar-refractivity contribution in [3.05, 3.63) is 60.3 Å². The maximum absolute atomic E-state index is 12.5. The van der Waals surface area contributed by atoms with E-state index in [-0.39, 0.29) is 5.91 Å². The van der Waals surface area contributed by atoms with Crippen LogP contribution in [0.2, 0.25) is 0 Å². The number of benzene rings is 1. The summed E-state index contributed by atoms with van der Waals surface area (Å²) >= 11 is 1.62. The fourth-order valence-electron chi connectivity index (χ4n) is 2.89. The Labute approximate surface area is 162 Å². The van der Waals surface area contributed by atoms with Crippen LogP contribution in [-0.2, 0) is 11.2 Å². The Balaban J connectivity index is 1.48. The molecule has 2 heterocycles. The van der Waals surface area contributed by atoms with Crippen LogP contribution in [0, 0.1) is 0 Å². The molecule has 0 aliphatic heterocycles. The summed E-state index contributed by atoms with van der Waals surface area (Å²) < 4.78 is 1.77. The quantitative estimate of drug-likeness (QED) is 0.632. The number of aromatic nitrogens is 4. The molecular weight excluding hydrogens is 358 g/mol. The van der Waals surface area contributed by atoms with Crippen LogP contribution in [0.5, 0.6) is 0 Å². The second-order valence-electron chi connectivity index (χ2n) is 6.51. The van der Waals surface area contributed by atoms with Crippen LogP contribution in [-0.4, -0.2) is 31.9 Å². The van der Waals surface area contributed by atoms with Crippen molar-refractivity contribution in [3.8, 4) is 5.82 Å². The maximum Gasteiger partial charge on any atom is 0.224 e. The minimum Gasteiger partial charge on any atom is -0.325 e. The van der Waals surface area contributed by atoms with E-state index in [0.717, 1.165) is 40.9 Å². The topological polar surface area (TPSA) is 72.7 Å². The van der Waals surface area contributed by atoms with Gasteiger partial charge in [0.15, 0.2) is 11.6 Å². The molecule has 1 N–H and O–H groups in total. The number of carbonyl (C=O) groups is 1. The van der Waals surface area contributed by atoms with Crippen molar-refractivity contribution in [1.82, 2.24) is 19.7 Å². The molecule has 6 nitrogen and oxygen atoms in total. The number of nitrogens with one attached hydrogen (secondary N) is 1. The number of thioether (sulfide) groups is 1. The van der Waals surface area contributed by atoms with Crippen molar-refractivity contribution in [2.24, 2.45) is 0 Å². The third-order valence-corrected chi connectivity index (χ3v) is 5.25. The molecule has 0 unspecified atom stereocenters. The number of hydrogen-bond acceptors (Lipinski definition) is 5. The lowest BCUT2D eigenvalue weighted by atomic mass is 10.2. The number of hydrogen-bond donors (Lipinski definition) is 1. The number of carbonyl (C=O) groups excluding carboxylic acids is 1. The van der Waals surface area contributed by atoms with Crippen molar-refractivity contribution in [2.75, 3.05) is 11.6 Å². The second-order valence-corrected chi connectivity index (χ2v) is 7.36. The first kappa shape index (κ1) is 17.7. The Morgan fingerprint density at radius 2 is 2.04 bits per heavy atom. The van der Waals surface area contributed by atoms with Crippen molar-refractivity contribution < 1.29 is 4.79 Å². The van der Waals surface area contributed by atoms with E-state index in [1.54, 1.807) is 22.6 Å². The summed E-state index contributed by atoms with van der Waals surface area (Å²) in [6.45, 7) is 0. The molecule has 0 bridgehead atoms. The summed E-state index contributed by atoms with van der Waals surface area (Å²) in [6.07, 6.45) is 6.88. The Hall–Kier alpha value is -2.67. The first-order valence-corrected chi connectivity index (χ1v) is 10.3. The number of pyridine rings is 1. The Morgan fingerprint density at radius 3 is 2.78 bits per heavy atom. The van der Waals surface area contributed by atoms with Gasteiger partial charge in [0.25, 0.3) is 0 Å². The molecule has 1 aliphatic rings. The zero-order valence-corrected chi connectivity index (χ0v) is 15.9. The van der Waals surface area contributed by atoms with Gasteiger partial charge in [-0.05, 0) is 43.4 Å². The molecule has 0 radical (unpaired) electrons. The summed E-state index contributed by atoms with van der Waals surface area (Å²) in [5, 5.41) is 7.64. The largest absolute Gasteiger partial charge is 0.325 e. The smallest absolute Gasteiger partial charge is 0.224 e. The molecule has 2 aromatic heterocycles. The molecule has 1 aliphatic carbocycles. The minimum atomic E-state index is -0.0277. The van der Waals surface area contributed by atoms with E-state index in [0.29, 0.717) is 18.8 Å². The minimum absolute atomic E-state index is 0.0277. The molecule has 138 valence electrons. The van der Waals surface area contributed by atoms with E-state index in [1.165, 1.54) is 0 Å². The fraction of sp³-hybridized carbons (Fsp3) is 0.300. The van der Waals surface area contributed by atoms with Gasteiger partial charge < -0.3 is 5.32 Å². The van der Waals surface area contributed by atoms with Gasteiger partial charge in [0.2, 0.25) is 5.91 Å². The van der Waals surface area contributed by atoms with Crippen LogP contribution in [0.15, 0.2) is 53.6 Å². The van der Waals surface area contributed by atoms with Gasteiger partial charge in [-0.2, -0.15) is 4.68 Å². The molecule has 27 heavy (non-hydrogen) atoms. The third-order valence-electron chi connectivity index (χ3n) is 4.46. The third kappa shape index (κ3) is 4.19. The van der Waals surface area contributed by atoms with E-state index >= 15 is 0 Å². The highest BCUT2D eigenvalue weighted by atomic mass is 32.2. The summed E-state index contributed by atoms with van der Waals surface area (Å²) in [4.78, 5) is 22.6. The lowest BCUT2D eigenvalue weighted by molar-refractivity contribution is -0.116. The highest BCUT2D eigenvalue weighted by Crippen LogP contribution is 2.38. The van der Waals surface area contributed by atoms with E-state index in [4.69, 9.17) is 0 Å². The monoisotopic (exact) mass is 379 g/mol. The normalized spacial score (nSPS) is 13.5. The molecule has 4 rings (SSSR count). The van der Waals surface area contributed by atoms with Gasteiger partial charge in [-0.1, -0.05) is 18.2 Å². The molecule has 7 heteroatoms. The lowest BCUT2D eigenvalue weighted by Crippen LogP contribution is -2.14. The van der Waals surface area contributed by atoms with Crippen LogP contribution in [0.3, 0.4) is 0 Å². The summed E-state index contributed by atoms with van der Waals surface area (Å²) in [6, 6.07) is 13.5. The Bertz CT molecular complexity index is 937. The standard InChI is InChI=1S/C20H21N5OS/c1-27-16-7-3-2-6-15(16)22-19(26)12-11-18-23-20(14-9-10-14)24-25(18)17-8-4-5-13-21-17/h2-8,13-14H,9-12H2,1H3,(H,22,26). The molecular formula is C20H21N5OS.